The predicted molar refractivity (Wildman–Crippen MR) is 131 cm³/mol. The van der Waals surface area contributed by atoms with Crippen LogP contribution in [0.25, 0.3) is 0 Å². The second-order valence-corrected chi connectivity index (χ2v) is 9.93. The fourth-order valence-corrected chi connectivity index (χ4v) is 5.79. The van der Waals surface area contributed by atoms with Crippen molar-refractivity contribution in [3.8, 4) is 11.5 Å². The van der Waals surface area contributed by atoms with Gasteiger partial charge in [-0.3, -0.25) is 14.5 Å². The minimum absolute atomic E-state index is 0.0262. The number of piperidine rings is 2. The van der Waals surface area contributed by atoms with Crippen LogP contribution in [-0.4, -0.2) is 85.5 Å². The van der Waals surface area contributed by atoms with Crippen LogP contribution in [0.4, 0.5) is 4.79 Å². The van der Waals surface area contributed by atoms with Crippen LogP contribution in [0.5, 0.6) is 11.5 Å². The summed E-state index contributed by atoms with van der Waals surface area (Å²) in [6, 6.07) is 4.78. The molecule has 1 N–H and O–H groups in total. The summed E-state index contributed by atoms with van der Waals surface area (Å²) >= 11 is 0. The van der Waals surface area contributed by atoms with Crippen molar-refractivity contribution in [3.05, 3.63) is 23.8 Å². The Morgan fingerprint density at radius 1 is 1.09 bits per heavy atom. The van der Waals surface area contributed by atoms with Crippen molar-refractivity contribution in [2.24, 2.45) is 5.92 Å². The number of nitrogens with zero attached hydrogens (tertiary/aromatic N) is 3. The summed E-state index contributed by atoms with van der Waals surface area (Å²) in [4.78, 5) is 43.9. The number of nitrogens with one attached hydrogen (secondary N) is 1. The van der Waals surface area contributed by atoms with Gasteiger partial charge in [-0.15, -0.1) is 0 Å². The van der Waals surface area contributed by atoms with Crippen molar-refractivity contribution in [2.75, 3.05) is 40.9 Å². The van der Waals surface area contributed by atoms with Crippen LogP contribution in [0, 0.1) is 5.92 Å². The Bertz CT molecular complexity index is 936. The maximum Gasteiger partial charge on any atom is 0.325 e. The number of urea groups is 1. The second-order valence-electron chi connectivity index (χ2n) is 9.93. The van der Waals surface area contributed by atoms with Gasteiger partial charge in [0.1, 0.15) is 6.04 Å². The third-order valence-corrected chi connectivity index (χ3v) is 7.71. The second kappa shape index (κ2) is 11.3. The number of imide groups is 1. The standard InChI is InChI=1S/C26H38N4O5/c1-28(17-19-7-6-14-29-13-5-4-8-21(19)29)24(31)12-10-20-25(32)30(26(33)27-20)16-18-9-11-22(34-2)23(15-18)35-3/h9,11,15,19-21H,4-8,10,12-14,16-17H2,1-3H3,(H,27,33)/t19-,20+,21-/m0/s1. The Kier molecular flexibility index (Phi) is 8.15. The Morgan fingerprint density at radius 3 is 2.63 bits per heavy atom. The first-order valence-electron chi connectivity index (χ1n) is 12.7. The molecular weight excluding hydrogens is 448 g/mol. The molecule has 3 aliphatic heterocycles. The molecule has 3 aliphatic rings. The molecule has 0 aliphatic carbocycles. The first-order valence-corrected chi connectivity index (χ1v) is 12.7. The zero-order chi connectivity index (χ0) is 24.9. The lowest BCUT2D eigenvalue weighted by molar-refractivity contribution is -0.132. The van der Waals surface area contributed by atoms with E-state index < -0.39 is 12.1 Å². The van der Waals surface area contributed by atoms with Crippen molar-refractivity contribution in [1.82, 2.24) is 20.0 Å². The molecule has 3 saturated heterocycles. The molecule has 192 valence electrons. The molecule has 0 radical (unpaired) electrons. The summed E-state index contributed by atoms with van der Waals surface area (Å²) in [6.45, 7) is 3.26. The van der Waals surface area contributed by atoms with Crippen LogP contribution in [0.15, 0.2) is 18.2 Å². The van der Waals surface area contributed by atoms with E-state index in [9.17, 15) is 14.4 Å². The van der Waals surface area contributed by atoms with Crippen LogP contribution in [0.3, 0.4) is 0 Å². The highest BCUT2D eigenvalue weighted by Crippen LogP contribution is 2.32. The first-order chi connectivity index (χ1) is 16.9. The average molecular weight is 487 g/mol. The van der Waals surface area contributed by atoms with Crippen molar-refractivity contribution in [1.29, 1.82) is 0 Å². The fourth-order valence-electron chi connectivity index (χ4n) is 5.79. The molecule has 1 aromatic rings. The molecule has 1 aromatic carbocycles. The van der Waals surface area contributed by atoms with Crippen molar-refractivity contribution < 1.29 is 23.9 Å². The predicted octanol–water partition coefficient (Wildman–Crippen LogP) is 2.63. The van der Waals surface area contributed by atoms with E-state index in [1.807, 2.05) is 11.9 Å². The molecule has 0 saturated carbocycles. The van der Waals surface area contributed by atoms with Crippen molar-refractivity contribution in [2.45, 2.75) is 63.6 Å². The van der Waals surface area contributed by atoms with Gasteiger partial charge < -0.3 is 24.6 Å². The third kappa shape index (κ3) is 5.72. The quantitative estimate of drug-likeness (QED) is 0.540. The lowest BCUT2D eigenvalue weighted by Crippen LogP contribution is -2.51. The molecular formula is C26H38N4O5. The summed E-state index contributed by atoms with van der Waals surface area (Å²) in [5.74, 6) is 1.36. The highest BCUT2D eigenvalue weighted by molar-refractivity contribution is 6.04. The minimum Gasteiger partial charge on any atom is -0.493 e. The number of amides is 4. The van der Waals surface area contributed by atoms with Gasteiger partial charge in [0.05, 0.1) is 20.8 Å². The molecule has 0 bridgehead atoms. The van der Waals surface area contributed by atoms with Gasteiger partial charge >= 0.3 is 6.03 Å². The van der Waals surface area contributed by atoms with E-state index in [0.29, 0.717) is 29.9 Å². The number of carbonyl (C=O) groups excluding carboxylic acids is 3. The molecule has 0 spiro atoms. The molecule has 3 heterocycles. The van der Waals surface area contributed by atoms with E-state index in [2.05, 4.69) is 10.2 Å². The zero-order valence-electron chi connectivity index (χ0n) is 21.1. The number of hydrogen-bond acceptors (Lipinski definition) is 6. The normalized spacial score (nSPS) is 24.7. The Labute approximate surface area is 207 Å². The number of benzene rings is 1. The number of rotatable bonds is 9. The summed E-state index contributed by atoms with van der Waals surface area (Å²) in [7, 11) is 4.96. The smallest absolute Gasteiger partial charge is 0.325 e. The maximum absolute atomic E-state index is 12.9. The molecule has 9 heteroatoms. The van der Waals surface area contributed by atoms with Crippen molar-refractivity contribution >= 4 is 17.8 Å². The highest BCUT2D eigenvalue weighted by Gasteiger charge is 2.38. The summed E-state index contributed by atoms with van der Waals surface area (Å²) in [5.41, 5.74) is 0.756. The number of methoxy groups -OCH3 is 2. The molecule has 0 unspecified atom stereocenters. The maximum atomic E-state index is 12.9. The number of ether oxygens (including phenoxy) is 2. The monoisotopic (exact) mass is 486 g/mol. The number of fused-ring (bicyclic) bond motifs is 1. The summed E-state index contributed by atoms with van der Waals surface area (Å²) in [6.07, 6.45) is 6.68. The molecule has 9 nitrogen and oxygen atoms in total. The summed E-state index contributed by atoms with van der Waals surface area (Å²) in [5, 5.41) is 2.74. The average Bonchev–Trinajstić information content (AvgIpc) is 3.14. The van der Waals surface area contributed by atoms with E-state index in [1.165, 1.54) is 50.1 Å². The lowest BCUT2D eigenvalue weighted by atomic mass is 9.83. The van der Waals surface area contributed by atoms with Gasteiger partial charge in [0.15, 0.2) is 11.5 Å². The molecule has 4 rings (SSSR count). The van der Waals surface area contributed by atoms with Gasteiger partial charge in [0.25, 0.3) is 5.91 Å². The van der Waals surface area contributed by atoms with Gasteiger partial charge in [-0.25, -0.2) is 4.79 Å². The van der Waals surface area contributed by atoms with Gasteiger partial charge in [-0.2, -0.15) is 0 Å². The fraction of sp³-hybridized carbons (Fsp3) is 0.654. The molecule has 0 aromatic heterocycles. The minimum atomic E-state index is -0.677. The van der Waals surface area contributed by atoms with E-state index in [1.54, 1.807) is 32.4 Å². The van der Waals surface area contributed by atoms with Crippen LogP contribution >= 0.6 is 0 Å². The Hall–Kier alpha value is -2.81. The van der Waals surface area contributed by atoms with Gasteiger partial charge in [-0.1, -0.05) is 12.5 Å². The third-order valence-electron chi connectivity index (χ3n) is 7.71. The van der Waals surface area contributed by atoms with Crippen LogP contribution < -0.4 is 14.8 Å². The van der Waals surface area contributed by atoms with Gasteiger partial charge in [0, 0.05) is 26.1 Å². The van der Waals surface area contributed by atoms with Gasteiger partial charge in [0.2, 0.25) is 5.91 Å². The molecule has 4 amide bonds. The van der Waals surface area contributed by atoms with E-state index in [0.717, 1.165) is 12.1 Å². The van der Waals surface area contributed by atoms with E-state index >= 15 is 0 Å². The first kappa shape index (κ1) is 25.3. The summed E-state index contributed by atoms with van der Waals surface area (Å²) < 4.78 is 10.6. The SMILES string of the molecule is COc1ccc(CN2C(=O)N[C@H](CCC(=O)N(C)C[C@@H]3CCCN4CCCC[C@@H]34)C2=O)cc1OC. The molecule has 3 atom stereocenters. The highest BCUT2D eigenvalue weighted by atomic mass is 16.5. The van der Waals surface area contributed by atoms with E-state index in [4.69, 9.17) is 9.47 Å². The lowest BCUT2D eigenvalue weighted by Gasteiger charge is -2.45. The number of hydrogen-bond donors (Lipinski definition) is 1. The van der Waals surface area contributed by atoms with Crippen LogP contribution in [0.1, 0.15) is 50.5 Å². The van der Waals surface area contributed by atoms with Gasteiger partial charge in [-0.05, 0) is 68.8 Å². The number of carbonyl (C=O) groups is 3. The molecule has 3 fully saturated rings. The van der Waals surface area contributed by atoms with E-state index in [-0.39, 0.29) is 24.8 Å². The largest absolute Gasteiger partial charge is 0.493 e. The zero-order valence-corrected chi connectivity index (χ0v) is 21.1. The Morgan fingerprint density at radius 2 is 1.86 bits per heavy atom. The van der Waals surface area contributed by atoms with Crippen LogP contribution in [0.2, 0.25) is 0 Å². The van der Waals surface area contributed by atoms with Crippen molar-refractivity contribution in [3.63, 3.8) is 0 Å². The Balaban J connectivity index is 1.28. The van der Waals surface area contributed by atoms with Crippen LogP contribution in [-0.2, 0) is 16.1 Å². The topological polar surface area (TPSA) is 91.4 Å². The molecule has 35 heavy (non-hydrogen) atoms.